The number of rotatable bonds is 6. The number of nitrogens with one attached hydrogen (secondary N) is 4. The molecule has 0 aromatic carbocycles. The molecule has 10 heteroatoms. The molecule has 5 rings (SSSR count). The molecule has 4 amide bonds. The Balaban J connectivity index is 1.40. The van der Waals surface area contributed by atoms with E-state index < -0.39 is 23.2 Å². The Hall–Kier alpha value is -2.78. The van der Waals surface area contributed by atoms with Crippen molar-refractivity contribution in [3.63, 3.8) is 0 Å². The maximum Gasteiger partial charge on any atom is 0.220 e. The minimum Gasteiger partial charge on any atom is -0.346 e. The Kier molecular flexibility index (Phi) is 9.67. The molecule has 4 atom stereocenters. The summed E-state index contributed by atoms with van der Waals surface area (Å²) in [6.45, 7) is 0. The first-order chi connectivity index (χ1) is 20.2. The largest absolute Gasteiger partial charge is 0.346 e. The van der Waals surface area contributed by atoms with Crippen LogP contribution in [0.25, 0.3) is 0 Å². The minimum atomic E-state index is -1.04. The van der Waals surface area contributed by atoms with Crippen LogP contribution < -0.4 is 21.3 Å². The lowest BCUT2D eigenvalue weighted by Gasteiger charge is -2.48. The van der Waals surface area contributed by atoms with Gasteiger partial charge < -0.3 is 21.3 Å². The van der Waals surface area contributed by atoms with Crippen LogP contribution in [0.1, 0.15) is 128 Å². The molecule has 0 radical (unpaired) electrons. The SMILES string of the molecule is O=C1CCCCC(C(=O)C2(C3CCC(C4(C(=O)C5CCCCC(=O)N5)CCCCC(=O)N4)CC3)CCCCC(=O)N2)N1. The Morgan fingerprint density at radius 3 is 1.24 bits per heavy atom. The Bertz CT molecular complexity index is 1000. The predicted molar refractivity (Wildman–Crippen MR) is 155 cm³/mol. The fourth-order valence-corrected chi connectivity index (χ4v) is 8.55. The van der Waals surface area contributed by atoms with Crippen LogP contribution in [0, 0.1) is 11.8 Å². The van der Waals surface area contributed by atoms with Crippen molar-refractivity contribution in [1.29, 1.82) is 0 Å². The zero-order valence-corrected chi connectivity index (χ0v) is 24.9. The van der Waals surface area contributed by atoms with E-state index in [-0.39, 0.29) is 47.0 Å². The van der Waals surface area contributed by atoms with E-state index >= 15 is 0 Å². The first kappa shape index (κ1) is 30.7. The van der Waals surface area contributed by atoms with Gasteiger partial charge in [-0.3, -0.25) is 28.8 Å². The van der Waals surface area contributed by atoms with Gasteiger partial charge in [-0.05, 0) is 88.9 Å². The second kappa shape index (κ2) is 13.2. The molecule has 4 aliphatic heterocycles. The number of Topliss-reactive ketones (excluding diaryl/α,β-unsaturated/α-hetero) is 2. The van der Waals surface area contributed by atoms with Crippen LogP contribution in [0.3, 0.4) is 0 Å². The third-order valence-corrected chi connectivity index (χ3v) is 10.8. The third-order valence-electron chi connectivity index (χ3n) is 10.8. The molecule has 4 saturated heterocycles. The van der Waals surface area contributed by atoms with Gasteiger partial charge >= 0.3 is 0 Å². The molecule has 10 nitrogen and oxygen atoms in total. The lowest BCUT2D eigenvalue weighted by atomic mass is 9.61. The van der Waals surface area contributed by atoms with E-state index in [0.29, 0.717) is 77.0 Å². The summed E-state index contributed by atoms with van der Waals surface area (Å²) in [4.78, 5) is 79.3. The Morgan fingerprint density at radius 2 is 0.833 bits per heavy atom. The van der Waals surface area contributed by atoms with Crippen molar-refractivity contribution >= 4 is 35.2 Å². The van der Waals surface area contributed by atoms with Gasteiger partial charge in [0.2, 0.25) is 23.6 Å². The maximum atomic E-state index is 14.3. The van der Waals surface area contributed by atoms with Crippen molar-refractivity contribution in [2.75, 3.05) is 0 Å². The highest BCUT2D eigenvalue weighted by molar-refractivity contribution is 6.00. The highest BCUT2D eigenvalue weighted by atomic mass is 16.2. The first-order valence-corrected chi connectivity index (χ1v) is 16.5. The lowest BCUT2D eigenvalue weighted by molar-refractivity contribution is -0.140. The molecule has 4 heterocycles. The zero-order valence-electron chi connectivity index (χ0n) is 24.9. The van der Waals surface area contributed by atoms with Crippen LogP contribution in [-0.4, -0.2) is 58.4 Å². The van der Waals surface area contributed by atoms with Crippen molar-refractivity contribution < 1.29 is 28.8 Å². The van der Waals surface area contributed by atoms with Crippen LogP contribution in [0.4, 0.5) is 0 Å². The van der Waals surface area contributed by atoms with Crippen LogP contribution in [0.15, 0.2) is 0 Å². The summed E-state index contributed by atoms with van der Waals surface area (Å²) in [6, 6.07) is -1.21. The fourth-order valence-electron chi connectivity index (χ4n) is 8.55. The van der Waals surface area contributed by atoms with Gasteiger partial charge in [0.1, 0.15) is 11.1 Å². The summed E-state index contributed by atoms with van der Waals surface area (Å²) in [5.74, 6) is -0.842. The van der Waals surface area contributed by atoms with Gasteiger partial charge in [0.25, 0.3) is 0 Å². The quantitative estimate of drug-likeness (QED) is 0.377. The summed E-state index contributed by atoms with van der Waals surface area (Å²) < 4.78 is 0. The van der Waals surface area contributed by atoms with Crippen molar-refractivity contribution in [2.45, 2.75) is 152 Å². The van der Waals surface area contributed by atoms with E-state index in [1.807, 2.05) is 0 Å². The van der Waals surface area contributed by atoms with E-state index in [1.165, 1.54) is 0 Å². The van der Waals surface area contributed by atoms with Gasteiger partial charge in [0.05, 0.1) is 12.1 Å². The highest BCUT2D eigenvalue weighted by Gasteiger charge is 2.55. The lowest BCUT2D eigenvalue weighted by Crippen LogP contribution is -2.66. The summed E-state index contributed by atoms with van der Waals surface area (Å²) in [5, 5.41) is 12.2. The van der Waals surface area contributed by atoms with Gasteiger partial charge in [0, 0.05) is 25.7 Å². The standard InChI is InChI=1S/C32H48N4O6/c37-25-11-3-1-9-23(33-25)29(41)31(19-7-5-13-27(39)35-31)21-15-17-22(18-16-21)32(20-8-6-14-28(40)36-32)30(42)24-10-2-4-12-26(38)34-24/h21-24H,1-20H2,(H,33,37)(H,34,38)(H,35,39)(H,36,40). The third kappa shape index (κ3) is 6.42. The molecule has 0 aromatic rings. The molecular formula is C32H48N4O6. The van der Waals surface area contributed by atoms with Gasteiger partial charge in [0.15, 0.2) is 11.6 Å². The topological polar surface area (TPSA) is 151 Å². The number of carbonyl (C=O) groups excluding carboxylic acids is 6. The van der Waals surface area contributed by atoms with Crippen LogP contribution >= 0.6 is 0 Å². The monoisotopic (exact) mass is 584 g/mol. The molecule has 1 aliphatic carbocycles. The molecule has 5 fully saturated rings. The Labute approximate surface area is 248 Å². The number of hydrogen-bond donors (Lipinski definition) is 4. The smallest absolute Gasteiger partial charge is 0.220 e. The molecule has 0 spiro atoms. The van der Waals surface area contributed by atoms with Crippen molar-refractivity contribution in [2.24, 2.45) is 11.8 Å². The highest BCUT2D eigenvalue weighted by Crippen LogP contribution is 2.46. The predicted octanol–water partition coefficient (Wildman–Crippen LogP) is 2.91. The average Bonchev–Trinajstić information content (AvgIpc) is 3.50. The van der Waals surface area contributed by atoms with Crippen LogP contribution in [-0.2, 0) is 28.8 Å². The zero-order chi connectivity index (χ0) is 29.7. The van der Waals surface area contributed by atoms with E-state index in [1.54, 1.807) is 0 Å². The molecule has 232 valence electrons. The molecule has 4 N–H and O–H groups in total. The molecular weight excluding hydrogens is 536 g/mol. The summed E-state index contributed by atoms with van der Waals surface area (Å²) in [5.41, 5.74) is -2.08. The normalized spacial score (nSPS) is 37.0. The number of carbonyl (C=O) groups is 6. The van der Waals surface area contributed by atoms with E-state index in [2.05, 4.69) is 21.3 Å². The molecule has 0 bridgehead atoms. The van der Waals surface area contributed by atoms with E-state index in [0.717, 1.165) is 51.4 Å². The molecule has 4 unspecified atom stereocenters. The molecule has 42 heavy (non-hydrogen) atoms. The van der Waals surface area contributed by atoms with Gasteiger partial charge in [-0.25, -0.2) is 0 Å². The second-order valence-electron chi connectivity index (χ2n) is 13.5. The summed E-state index contributed by atoms with van der Waals surface area (Å²) in [6.07, 6.45) is 12.5. The minimum absolute atomic E-state index is 0.0776. The summed E-state index contributed by atoms with van der Waals surface area (Å²) >= 11 is 0. The second-order valence-corrected chi connectivity index (χ2v) is 13.5. The van der Waals surface area contributed by atoms with Crippen LogP contribution in [0.2, 0.25) is 0 Å². The average molecular weight is 585 g/mol. The first-order valence-electron chi connectivity index (χ1n) is 16.5. The number of amides is 4. The van der Waals surface area contributed by atoms with Crippen molar-refractivity contribution in [3.05, 3.63) is 0 Å². The number of hydrogen-bond acceptors (Lipinski definition) is 6. The van der Waals surface area contributed by atoms with Gasteiger partial charge in [-0.15, -0.1) is 0 Å². The van der Waals surface area contributed by atoms with E-state index in [4.69, 9.17) is 0 Å². The fraction of sp³-hybridized carbons (Fsp3) is 0.812. The molecule has 1 saturated carbocycles. The van der Waals surface area contributed by atoms with Crippen LogP contribution in [0.5, 0.6) is 0 Å². The van der Waals surface area contributed by atoms with Gasteiger partial charge in [-0.2, -0.15) is 0 Å². The van der Waals surface area contributed by atoms with Crippen molar-refractivity contribution in [1.82, 2.24) is 21.3 Å². The molecule has 0 aromatic heterocycles. The maximum absolute atomic E-state index is 14.3. The number of ketones is 2. The van der Waals surface area contributed by atoms with Gasteiger partial charge in [-0.1, -0.05) is 25.7 Å². The Morgan fingerprint density at radius 1 is 0.476 bits per heavy atom. The summed E-state index contributed by atoms with van der Waals surface area (Å²) in [7, 11) is 0. The van der Waals surface area contributed by atoms with Crippen molar-refractivity contribution in [3.8, 4) is 0 Å². The molecule has 5 aliphatic rings. The van der Waals surface area contributed by atoms with E-state index in [9.17, 15) is 28.8 Å².